The fourth-order valence-electron chi connectivity index (χ4n) is 5.25. The highest BCUT2D eigenvalue weighted by Gasteiger charge is 2.21. The maximum absolute atomic E-state index is 6.18. The first-order valence-corrected chi connectivity index (χ1v) is 13.3. The molecule has 0 amide bonds. The van der Waals surface area contributed by atoms with Gasteiger partial charge in [0.25, 0.3) is 5.89 Å². The number of furan rings is 1. The van der Waals surface area contributed by atoms with E-state index in [9.17, 15) is 0 Å². The fraction of sp³-hybridized carbons (Fsp3) is 0.355. The molecular formula is C31H33N3O3. The molecule has 37 heavy (non-hydrogen) atoms. The highest BCUT2D eigenvalue weighted by Crippen LogP contribution is 2.34. The van der Waals surface area contributed by atoms with E-state index in [0.717, 1.165) is 42.8 Å². The lowest BCUT2D eigenvalue weighted by Crippen LogP contribution is -2.34. The molecule has 1 aliphatic rings. The van der Waals surface area contributed by atoms with Crippen molar-refractivity contribution in [2.45, 2.75) is 44.9 Å². The molecule has 0 bridgehead atoms. The number of likely N-dealkylation sites (tertiary alicyclic amines) is 1. The molecule has 6 rings (SSSR count). The smallest absolute Gasteiger partial charge is 0.283 e. The third-order valence-corrected chi connectivity index (χ3v) is 7.38. The second-order valence-electron chi connectivity index (χ2n) is 10.3. The van der Waals surface area contributed by atoms with Crippen LogP contribution in [-0.2, 0) is 0 Å². The number of fused-ring (bicyclic) bond motifs is 2. The topological polar surface area (TPSA) is 64.5 Å². The van der Waals surface area contributed by atoms with Crippen molar-refractivity contribution in [3.05, 3.63) is 78.2 Å². The molecule has 0 spiro atoms. The minimum atomic E-state index is 0.175. The molecule has 0 N–H and O–H groups in total. The second kappa shape index (κ2) is 10.4. The first-order valence-electron chi connectivity index (χ1n) is 13.3. The molecule has 3 heterocycles. The Hall–Kier alpha value is -3.64. The standard InChI is InChI=1S/C31H33N3O3/c1-21(2)30-32-33-31(37-30)29-20-26-27(9-5-10-28(26)36-29)35-18-6-15-34-16-13-23(14-17-34)25-12-11-22-7-3-4-8-24(22)19-25/h3-5,7-12,19-21,23H,6,13-18H2,1-2H3. The molecule has 6 nitrogen and oxygen atoms in total. The third kappa shape index (κ3) is 5.12. The van der Waals surface area contributed by atoms with Crippen molar-refractivity contribution in [3.63, 3.8) is 0 Å². The van der Waals surface area contributed by atoms with Gasteiger partial charge in [-0.05, 0) is 66.7 Å². The molecule has 1 saturated heterocycles. The Balaban J connectivity index is 1.01. The number of benzene rings is 3. The van der Waals surface area contributed by atoms with Crippen molar-refractivity contribution in [2.75, 3.05) is 26.2 Å². The van der Waals surface area contributed by atoms with E-state index < -0.39 is 0 Å². The highest BCUT2D eigenvalue weighted by molar-refractivity contribution is 5.87. The fourth-order valence-corrected chi connectivity index (χ4v) is 5.25. The van der Waals surface area contributed by atoms with Crippen molar-refractivity contribution in [2.24, 2.45) is 0 Å². The van der Waals surface area contributed by atoms with Gasteiger partial charge in [0.05, 0.1) is 12.0 Å². The van der Waals surface area contributed by atoms with Gasteiger partial charge in [0.2, 0.25) is 5.89 Å². The zero-order valence-electron chi connectivity index (χ0n) is 21.5. The first kappa shape index (κ1) is 23.7. The molecule has 5 aromatic rings. The van der Waals surface area contributed by atoms with E-state index >= 15 is 0 Å². The lowest BCUT2D eigenvalue weighted by molar-refractivity contribution is 0.193. The highest BCUT2D eigenvalue weighted by atomic mass is 16.5. The summed E-state index contributed by atoms with van der Waals surface area (Å²) in [5.74, 6) is 3.23. The SMILES string of the molecule is CC(C)c1nnc(-c2cc3c(OCCCN4CCC(c5ccc6ccccc6c5)CC4)cccc3o2)o1. The van der Waals surface area contributed by atoms with Crippen molar-refractivity contribution < 1.29 is 13.6 Å². The largest absolute Gasteiger partial charge is 0.493 e. The summed E-state index contributed by atoms with van der Waals surface area (Å²) in [5.41, 5.74) is 2.24. The number of aromatic nitrogens is 2. The van der Waals surface area contributed by atoms with Crippen LogP contribution in [0.4, 0.5) is 0 Å². The number of hydrogen-bond donors (Lipinski definition) is 0. The molecule has 0 atom stereocenters. The van der Waals surface area contributed by atoms with Gasteiger partial charge in [-0.3, -0.25) is 0 Å². The van der Waals surface area contributed by atoms with E-state index in [1.54, 1.807) is 0 Å². The van der Waals surface area contributed by atoms with Crippen LogP contribution in [0, 0.1) is 0 Å². The average molecular weight is 496 g/mol. The molecule has 1 aliphatic heterocycles. The van der Waals surface area contributed by atoms with Gasteiger partial charge in [0.1, 0.15) is 11.3 Å². The van der Waals surface area contributed by atoms with Gasteiger partial charge in [0.15, 0.2) is 5.76 Å². The van der Waals surface area contributed by atoms with Crippen LogP contribution in [0.2, 0.25) is 0 Å². The summed E-state index contributed by atoms with van der Waals surface area (Å²) in [7, 11) is 0. The second-order valence-corrected chi connectivity index (χ2v) is 10.3. The Bertz CT molecular complexity index is 1490. The molecule has 0 aliphatic carbocycles. The van der Waals surface area contributed by atoms with E-state index in [4.69, 9.17) is 13.6 Å². The summed E-state index contributed by atoms with van der Waals surface area (Å²) in [5, 5.41) is 11.8. The number of nitrogens with zero attached hydrogens (tertiary/aromatic N) is 3. The lowest BCUT2D eigenvalue weighted by atomic mass is 9.88. The number of hydrogen-bond acceptors (Lipinski definition) is 6. The van der Waals surface area contributed by atoms with Gasteiger partial charge in [-0.15, -0.1) is 10.2 Å². The van der Waals surface area contributed by atoms with E-state index in [-0.39, 0.29) is 5.92 Å². The van der Waals surface area contributed by atoms with Gasteiger partial charge >= 0.3 is 0 Å². The van der Waals surface area contributed by atoms with Crippen molar-refractivity contribution >= 4 is 21.7 Å². The van der Waals surface area contributed by atoms with Crippen molar-refractivity contribution in [1.82, 2.24) is 15.1 Å². The summed E-state index contributed by atoms with van der Waals surface area (Å²) >= 11 is 0. The summed E-state index contributed by atoms with van der Waals surface area (Å²) < 4.78 is 17.9. The number of piperidine rings is 1. The lowest BCUT2D eigenvalue weighted by Gasteiger charge is -2.32. The summed E-state index contributed by atoms with van der Waals surface area (Å²) in [4.78, 5) is 2.57. The monoisotopic (exact) mass is 495 g/mol. The zero-order chi connectivity index (χ0) is 25.2. The maximum atomic E-state index is 6.18. The van der Waals surface area contributed by atoms with Gasteiger partial charge in [-0.1, -0.05) is 62.4 Å². The predicted molar refractivity (Wildman–Crippen MR) is 146 cm³/mol. The van der Waals surface area contributed by atoms with Gasteiger partial charge in [0, 0.05) is 18.5 Å². The molecule has 0 saturated carbocycles. The molecule has 0 radical (unpaired) electrons. The quantitative estimate of drug-likeness (QED) is 0.209. The molecule has 6 heteroatoms. The number of rotatable bonds is 8. The molecule has 2 aromatic heterocycles. The Morgan fingerprint density at radius 3 is 2.57 bits per heavy atom. The Kier molecular flexibility index (Phi) is 6.66. The predicted octanol–water partition coefficient (Wildman–Crippen LogP) is 7.41. The van der Waals surface area contributed by atoms with Crippen molar-refractivity contribution in [3.8, 4) is 17.4 Å². The van der Waals surface area contributed by atoms with E-state index in [2.05, 4.69) is 57.6 Å². The minimum absolute atomic E-state index is 0.175. The van der Waals surface area contributed by atoms with Crippen LogP contribution in [0.5, 0.6) is 5.75 Å². The van der Waals surface area contributed by atoms with E-state index in [1.807, 2.05) is 38.1 Å². The van der Waals surface area contributed by atoms with Crippen LogP contribution < -0.4 is 4.74 Å². The minimum Gasteiger partial charge on any atom is -0.493 e. The summed E-state index contributed by atoms with van der Waals surface area (Å²) in [6, 6.07) is 23.4. The zero-order valence-corrected chi connectivity index (χ0v) is 21.5. The first-order chi connectivity index (χ1) is 18.1. The van der Waals surface area contributed by atoms with Crippen LogP contribution in [-0.4, -0.2) is 41.3 Å². The van der Waals surface area contributed by atoms with E-state index in [0.29, 0.717) is 30.1 Å². The summed E-state index contributed by atoms with van der Waals surface area (Å²) in [6.07, 6.45) is 3.41. The normalized spacial score (nSPS) is 15.2. The van der Waals surface area contributed by atoms with Crippen LogP contribution in [0.25, 0.3) is 33.4 Å². The van der Waals surface area contributed by atoms with E-state index in [1.165, 1.54) is 29.2 Å². The molecule has 3 aromatic carbocycles. The van der Waals surface area contributed by atoms with Crippen LogP contribution in [0.3, 0.4) is 0 Å². The Labute approximate surface area is 217 Å². The van der Waals surface area contributed by atoms with Crippen molar-refractivity contribution in [1.29, 1.82) is 0 Å². The molecule has 0 unspecified atom stereocenters. The maximum Gasteiger partial charge on any atom is 0.283 e. The van der Waals surface area contributed by atoms with Gasteiger partial charge in [-0.25, -0.2) is 0 Å². The van der Waals surface area contributed by atoms with Crippen LogP contribution >= 0.6 is 0 Å². The van der Waals surface area contributed by atoms with Gasteiger partial charge in [-0.2, -0.15) is 0 Å². The summed E-state index contributed by atoms with van der Waals surface area (Å²) in [6.45, 7) is 8.05. The Morgan fingerprint density at radius 2 is 1.76 bits per heavy atom. The Morgan fingerprint density at radius 1 is 0.919 bits per heavy atom. The molecule has 190 valence electrons. The van der Waals surface area contributed by atoms with Crippen LogP contribution in [0.15, 0.2) is 75.6 Å². The van der Waals surface area contributed by atoms with Crippen LogP contribution in [0.1, 0.15) is 56.4 Å². The molecule has 1 fully saturated rings. The third-order valence-electron chi connectivity index (χ3n) is 7.38. The average Bonchev–Trinajstić information content (AvgIpc) is 3.59. The number of ether oxygens (including phenoxy) is 1. The van der Waals surface area contributed by atoms with Gasteiger partial charge < -0.3 is 18.5 Å². The molecular weight excluding hydrogens is 462 g/mol.